The van der Waals surface area contributed by atoms with E-state index < -0.39 is 0 Å². The molecule has 1 aromatic heterocycles. The first-order chi connectivity index (χ1) is 10.0. The van der Waals surface area contributed by atoms with Crippen LogP contribution in [0.5, 0.6) is 0 Å². The number of carbonyl (C=O) groups is 1. The highest BCUT2D eigenvalue weighted by atomic mass is 35.5. The molecule has 0 spiro atoms. The number of carbonyl (C=O) groups excluding carboxylic acids is 1. The summed E-state index contributed by atoms with van der Waals surface area (Å²) in [5.74, 6) is 5.15. The number of aliphatic hydroxyl groups excluding tert-OH is 1. The second-order valence-corrected chi connectivity index (χ2v) is 6.03. The number of aryl methyl sites for hydroxylation is 1. The first kappa shape index (κ1) is 15.9. The number of halogens is 2. The minimum atomic E-state index is -0.237. The summed E-state index contributed by atoms with van der Waals surface area (Å²) in [6.45, 7) is 1.66. The molecule has 0 radical (unpaired) electrons. The van der Waals surface area contributed by atoms with Crippen LogP contribution < -0.4 is 5.32 Å². The number of anilines is 1. The molecule has 0 aliphatic rings. The number of hydrogen-bond donors (Lipinski definition) is 2. The zero-order valence-electron chi connectivity index (χ0n) is 11.0. The van der Waals surface area contributed by atoms with E-state index in [0.29, 0.717) is 20.6 Å². The van der Waals surface area contributed by atoms with Crippen molar-refractivity contribution in [3.63, 3.8) is 0 Å². The van der Waals surface area contributed by atoms with Gasteiger partial charge in [-0.3, -0.25) is 4.79 Å². The Hall–Kier alpha value is -1.51. The van der Waals surface area contributed by atoms with Crippen LogP contribution in [0.4, 0.5) is 5.69 Å². The molecule has 0 saturated carbocycles. The third-order valence-electron chi connectivity index (χ3n) is 2.60. The second-order valence-electron chi connectivity index (χ2n) is 4.17. The fraction of sp³-hybridized carbons (Fsp3) is 0.133. The Morgan fingerprint density at radius 2 is 2.10 bits per heavy atom. The lowest BCUT2D eigenvalue weighted by Crippen LogP contribution is -2.09. The van der Waals surface area contributed by atoms with Gasteiger partial charge in [0.2, 0.25) is 0 Å². The summed E-state index contributed by atoms with van der Waals surface area (Å²) < 4.78 is 0. The standard InChI is InChI=1S/C15H11Cl2NO2S/c1-9-7-14(21-13(9)3-2-6-19)15(20)18-10-4-5-11(16)12(17)8-10/h4-5,7-8,19H,6H2,1H3,(H,18,20). The molecule has 0 unspecified atom stereocenters. The van der Waals surface area contributed by atoms with Crippen LogP contribution in [0.1, 0.15) is 20.1 Å². The topological polar surface area (TPSA) is 49.3 Å². The van der Waals surface area contributed by atoms with E-state index in [-0.39, 0.29) is 12.5 Å². The van der Waals surface area contributed by atoms with E-state index in [4.69, 9.17) is 28.3 Å². The van der Waals surface area contributed by atoms with Crippen molar-refractivity contribution in [3.05, 3.63) is 49.6 Å². The number of nitrogens with one attached hydrogen (secondary N) is 1. The largest absolute Gasteiger partial charge is 0.384 e. The SMILES string of the molecule is Cc1cc(C(=O)Nc2ccc(Cl)c(Cl)c2)sc1C#CCO. The molecule has 0 aliphatic heterocycles. The van der Waals surface area contributed by atoms with Gasteiger partial charge >= 0.3 is 0 Å². The quantitative estimate of drug-likeness (QED) is 0.813. The van der Waals surface area contributed by atoms with Gasteiger partial charge < -0.3 is 10.4 Å². The van der Waals surface area contributed by atoms with E-state index in [1.807, 2.05) is 6.92 Å². The molecule has 2 N–H and O–H groups in total. The zero-order chi connectivity index (χ0) is 15.4. The number of thiophene rings is 1. The summed E-state index contributed by atoms with van der Waals surface area (Å²) in [6, 6.07) is 6.66. The van der Waals surface area contributed by atoms with Gasteiger partial charge in [-0.1, -0.05) is 35.0 Å². The third-order valence-corrected chi connectivity index (χ3v) is 4.49. The fourth-order valence-corrected chi connectivity index (χ4v) is 2.85. The highest BCUT2D eigenvalue weighted by Crippen LogP contribution is 2.26. The van der Waals surface area contributed by atoms with Gasteiger partial charge in [-0.2, -0.15) is 0 Å². The van der Waals surface area contributed by atoms with Crippen molar-refractivity contribution in [3.8, 4) is 11.8 Å². The molecule has 2 aromatic rings. The van der Waals surface area contributed by atoms with E-state index >= 15 is 0 Å². The van der Waals surface area contributed by atoms with Crippen molar-refractivity contribution in [2.45, 2.75) is 6.92 Å². The molecule has 1 amide bonds. The zero-order valence-corrected chi connectivity index (χ0v) is 13.4. The first-order valence-electron chi connectivity index (χ1n) is 5.98. The Morgan fingerprint density at radius 1 is 1.33 bits per heavy atom. The van der Waals surface area contributed by atoms with E-state index in [0.717, 1.165) is 10.4 Å². The van der Waals surface area contributed by atoms with Crippen molar-refractivity contribution < 1.29 is 9.90 Å². The van der Waals surface area contributed by atoms with Crippen molar-refractivity contribution in [1.29, 1.82) is 0 Å². The molecule has 0 aliphatic carbocycles. The van der Waals surface area contributed by atoms with Crippen LogP contribution in [0.3, 0.4) is 0 Å². The Bertz CT molecular complexity index is 744. The predicted molar refractivity (Wildman–Crippen MR) is 87.4 cm³/mol. The third kappa shape index (κ3) is 3.99. The number of benzene rings is 1. The smallest absolute Gasteiger partial charge is 0.265 e. The van der Waals surface area contributed by atoms with Crippen LogP contribution in [0.15, 0.2) is 24.3 Å². The average Bonchev–Trinajstić information content (AvgIpc) is 2.82. The van der Waals surface area contributed by atoms with E-state index in [1.54, 1.807) is 24.3 Å². The Labute approximate surface area is 136 Å². The molecular formula is C15H11Cl2NO2S. The molecular weight excluding hydrogens is 329 g/mol. The van der Waals surface area contributed by atoms with Gasteiger partial charge in [-0.25, -0.2) is 0 Å². The maximum Gasteiger partial charge on any atom is 0.265 e. The van der Waals surface area contributed by atoms with Gasteiger partial charge in [0.05, 0.1) is 19.8 Å². The van der Waals surface area contributed by atoms with Gasteiger partial charge in [-0.15, -0.1) is 11.3 Å². The number of aliphatic hydroxyl groups is 1. The summed E-state index contributed by atoms with van der Waals surface area (Å²) in [5, 5.41) is 12.3. The van der Waals surface area contributed by atoms with Gasteiger partial charge in [0.25, 0.3) is 5.91 Å². The Morgan fingerprint density at radius 3 is 2.76 bits per heavy atom. The fourth-order valence-electron chi connectivity index (χ4n) is 1.60. The molecule has 108 valence electrons. The van der Waals surface area contributed by atoms with E-state index in [1.165, 1.54) is 11.3 Å². The minimum absolute atomic E-state index is 0.206. The normalized spacial score (nSPS) is 9.90. The molecule has 3 nitrogen and oxygen atoms in total. The molecule has 1 aromatic carbocycles. The summed E-state index contributed by atoms with van der Waals surface area (Å²) in [7, 11) is 0. The molecule has 21 heavy (non-hydrogen) atoms. The molecule has 0 fully saturated rings. The highest BCUT2D eigenvalue weighted by Gasteiger charge is 2.12. The van der Waals surface area contributed by atoms with Crippen LogP contribution in [0.25, 0.3) is 0 Å². The molecule has 6 heteroatoms. The maximum absolute atomic E-state index is 12.2. The van der Waals surface area contributed by atoms with Crippen LogP contribution in [-0.4, -0.2) is 17.6 Å². The van der Waals surface area contributed by atoms with Crippen molar-refractivity contribution >= 4 is 46.1 Å². The monoisotopic (exact) mass is 339 g/mol. The summed E-state index contributed by atoms with van der Waals surface area (Å²) in [6.07, 6.45) is 0. The van der Waals surface area contributed by atoms with Crippen molar-refractivity contribution in [1.82, 2.24) is 0 Å². The lowest BCUT2D eigenvalue weighted by molar-refractivity contribution is 0.103. The van der Waals surface area contributed by atoms with Gasteiger partial charge in [0.1, 0.15) is 6.61 Å². The van der Waals surface area contributed by atoms with Crippen molar-refractivity contribution in [2.75, 3.05) is 11.9 Å². The molecule has 0 atom stereocenters. The molecule has 2 rings (SSSR count). The molecule has 0 saturated heterocycles. The second kappa shape index (κ2) is 6.97. The Balaban J connectivity index is 2.18. The van der Waals surface area contributed by atoms with Crippen molar-refractivity contribution in [2.24, 2.45) is 0 Å². The number of hydrogen-bond acceptors (Lipinski definition) is 3. The minimum Gasteiger partial charge on any atom is -0.384 e. The lowest BCUT2D eigenvalue weighted by Gasteiger charge is -2.04. The van der Waals surface area contributed by atoms with E-state index in [2.05, 4.69) is 17.2 Å². The van der Waals surface area contributed by atoms with Gasteiger partial charge in [-0.05, 0) is 36.8 Å². The first-order valence-corrected chi connectivity index (χ1v) is 7.55. The van der Waals surface area contributed by atoms with Crippen LogP contribution in [-0.2, 0) is 0 Å². The molecule has 0 bridgehead atoms. The predicted octanol–water partition coefficient (Wildman–Crippen LogP) is 3.96. The average molecular weight is 340 g/mol. The highest BCUT2D eigenvalue weighted by molar-refractivity contribution is 7.14. The van der Waals surface area contributed by atoms with Crippen LogP contribution in [0.2, 0.25) is 10.0 Å². The summed E-state index contributed by atoms with van der Waals surface area (Å²) in [5.41, 5.74) is 1.48. The van der Waals surface area contributed by atoms with Gasteiger partial charge in [0, 0.05) is 5.69 Å². The van der Waals surface area contributed by atoms with E-state index in [9.17, 15) is 4.79 Å². The lowest BCUT2D eigenvalue weighted by atomic mass is 10.2. The summed E-state index contributed by atoms with van der Waals surface area (Å²) >= 11 is 13.0. The van der Waals surface area contributed by atoms with Crippen LogP contribution >= 0.6 is 34.5 Å². The van der Waals surface area contributed by atoms with Gasteiger partial charge in [0.15, 0.2) is 0 Å². The van der Waals surface area contributed by atoms with Crippen LogP contribution in [0, 0.1) is 18.8 Å². The molecule has 1 heterocycles. The Kier molecular flexibility index (Phi) is 5.27. The summed E-state index contributed by atoms with van der Waals surface area (Å²) in [4.78, 5) is 13.5. The maximum atomic E-state index is 12.2. The number of amides is 1. The number of rotatable bonds is 2.